The molecule has 0 saturated carbocycles. The van der Waals surface area contributed by atoms with Crippen LogP contribution in [0.3, 0.4) is 0 Å². The fourth-order valence-electron chi connectivity index (χ4n) is 4.07. The number of hydrogen-bond donors (Lipinski definition) is 3. The standard InChI is InChI=1S/C23H25N3O2/c27-23(25-28)12-11-17-7-9-18(10-8-17)16-26-13-3-4-20(26)14-19-15-24-22-6-2-1-5-21(19)22/h1-2,5-12,15,20,24,28H,3-4,13-14,16H2,(H,25,27)/b12-11+/t20-/m0/s1. The summed E-state index contributed by atoms with van der Waals surface area (Å²) < 4.78 is 0. The van der Waals surface area contributed by atoms with E-state index in [-0.39, 0.29) is 0 Å². The highest BCUT2D eigenvalue weighted by atomic mass is 16.5. The normalized spacial score (nSPS) is 17.5. The molecule has 3 N–H and O–H groups in total. The van der Waals surface area contributed by atoms with E-state index in [1.165, 1.54) is 40.9 Å². The van der Waals surface area contributed by atoms with Crippen LogP contribution in [-0.4, -0.2) is 33.6 Å². The Labute approximate surface area is 164 Å². The Morgan fingerprint density at radius 1 is 1.21 bits per heavy atom. The molecular formula is C23H25N3O2. The maximum atomic E-state index is 11.1. The molecule has 1 aliphatic rings. The summed E-state index contributed by atoms with van der Waals surface area (Å²) in [5, 5.41) is 9.86. The number of carbonyl (C=O) groups excluding carboxylic acids is 1. The van der Waals surface area contributed by atoms with Gasteiger partial charge < -0.3 is 4.98 Å². The van der Waals surface area contributed by atoms with Crippen LogP contribution < -0.4 is 5.48 Å². The number of hydroxylamine groups is 1. The smallest absolute Gasteiger partial charge is 0.267 e. The summed E-state index contributed by atoms with van der Waals surface area (Å²) in [5.74, 6) is -0.527. The van der Waals surface area contributed by atoms with Crippen LogP contribution in [0, 0.1) is 0 Å². The zero-order valence-electron chi connectivity index (χ0n) is 15.8. The van der Waals surface area contributed by atoms with Gasteiger partial charge in [0.15, 0.2) is 0 Å². The number of H-pyrrole nitrogens is 1. The molecule has 0 radical (unpaired) electrons. The summed E-state index contributed by atoms with van der Waals surface area (Å²) >= 11 is 0. The Hall–Kier alpha value is -2.89. The molecule has 0 spiro atoms. The summed E-state index contributed by atoms with van der Waals surface area (Å²) in [5.41, 5.74) is 6.41. The number of nitrogens with zero attached hydrogens (tertiary/aromatic N) is 1. The van der Waals surface area contributed by atoms with Crippen LogP contribution in [0.4, 0.5) is 0 Å². The zero-order chi connectivity index (χ0) is 19.3. The molecule has 0 bridgehead atoms. The van der Waals surface area contributed by atoms with Crippen molar-refractivity contribution in [2.75, 3.05) is 6.54 Å². The van der Waals surface area contributed by atoms with Gasteiger partial charge in [-0.15, -0.1) is 0 Å². The first-order valence-corrected chi connectivity index (χ1v) is 9.73. The molecular weight excluding hydrogens is 350 g/mol. The largest absolute Gasteiger partial charge is 0.361 e. The number of likely N-dealkylation sites (tertiary alicyclic amines) is 1. The first-order chi connectivity index (χ1) is 13.7. The second-order valence-corrected chi connectivity index (χ2v) is 7.38. The lowest BCUT2D eigenvalue weighted by molar-refractivity contribution is -0.124. The fraction of sp³-hybridized carbons (Fsp3) is 0.261. The predicted octanol–water partition coefficient (Wildman–Crippen LogP) is 3.89. The van der Waals surface area contributed by atoms with Crippen LogP contribution in [0.5, 0.6) is 0 Å². The molecule has 0 unspecified atom stereocenters. The number of fused-ring (bicyclic) bond motifs is 1. The SMILES string of the molecule is O=C(/C=C/c1ccc(CN2CCC[C@H]2Cc2c[nH]c3ccccc23)cc1)NO. The third kappa shape index (κ3) is 4.16. The summed E-state index contributed by atoms with van der Waals surface area (Å²) in [6.07, 6.45) is 8.70. The van der Waals surface area contributed by atoms with E-state index in [1.54, 1.807) is 11.6 Å². The van der Waals surface area contributed by atoms with E-state index in [0.717, 1.165) is 25.1 Å². The number of rotatable bonds is 6. The molecule has 1 saturated heterocycles. The lowest BCUT2D eigenvalue weighted by Gasteiger charge is -2.24. The van der Waals surface area contributed by atoms with Crippen molar-refractivity contribution < 1.29 is 10.0 Å². The molecule has 144 valence electrons. The number of para-hydroxylation sites is 1. The number of amides is 1. The molecule has 1 aliphatic heterocycles. The maximum Gasteiger partial charge on any atom is 0.267 e. The summed E-state index contributed by atoms with van der Waals surface area (Å²) in [7, 11) is 0. The van der Waals surface area contributed by atoms with E-state index in [4.69, 9.17) is 5.21 Å². The molecule has 5 heteroatoms. The number of hydrogen-bond acceptors (Lipinski definition) is 3. The minimum absolute atomic E-state index is 0.527. The molecule has 5 nitrogen and oxygen atoms in total. The number of aromatic amines is 1. The Morgan fingerprint density at radius 2 is 2.04 bits per heavy atom. The van der Waals surface area contributed by atoms with E-state index in [1.807, 2.05) is 12.1 Å². The van der Waals surface area contributed by atoms with Gasteiger partial charge in [-0.1, -0.05) is 42.5 Å². The first-order valence-electron chi connectivity index (χ1n) is 9.73. The summed E-state index contributed by atoms with van der Waals surface area (Å²) in [6.45, 7) is 2.07. The zero-order valence-corrected chi connectivity index (χ0v) is 15.8. The van der Waals surface area contributed by atoms with Gasteiger partial charge in [0.05, 0.1) is 0 Å². The average molecular weight is 375 g/mol. The lowest BCUT2D eigenvalue weighted by Crippen LogP contribution is -2.30. The van der Waals surface area contributed by atoms with Crippen LogP contribution in [0.1, 0.15) is 29.5 Å². The van der Waals surface area contributed by atoms with E-state index >= 15 is 0 Å². The summed E-state index contributed by atoms with van der Waals surface area (Å²) in [4.78, 5) is 17.0. The Bertz CT molecular complexity index is 975. The van der Waals surface area contributed by atoms with Gasteiger partial charge in [-0.3, -0.25) is 14.9 Å². The minimum atomic E-state index is -0.527. The Kier molecular flexibility index (Phi) is 5.55. The van der Waals surface area contributed by atoms with Crippen LogP contribution in [-0.2, 0) is 17.8 Å². The van der Waals surface area contributed by atoms with E-state index in [0.29, 0.717) is 6.04 Å². The highest BCUT2D eigenvalue weighted by molar-refractivity contribution is 5.90. The van der Waals surface area contributed by atoms with Crippen molar-refractivity contribution in [3.05, 3.63) is 77.5 Å². The Balaban J connectivity index is 1.41. The second kappa shape index (κ2) is 8.42. The molecule has 2 aromatic carbocycles. The van der Waals surface area contributed by atoms with Gasteiger partial charge in [-0.25, -0.2) is 5.48 Å². The molecule has 0 aliphatic carbocycles. The third-order valence-corrected chi connectivity index (χ3v) is 5.53. The molecule has 1 atom stereocenters. The van der Waals surface area contributed by atoms with Gasteiger partial charge in [0.2, 0.25) is 0 Å². The average Bonchev–Trinajstić information content (AvgIpc) is 3.35. The van der Waals surface area contributed by atoms with Gasteiger partial charge in [-0.05, 0) is 54.6 Å². The van der Waals surface area contributed by atoms with Crippen molar-refractivity contribution in [2.45, 2.75) is 31.8 Å². The molecule has 1 aromatic heterocycles. The fourth-order valence-corrected chi connectivity index (χ4v) is 4.07. The quantitative estimate of drug-likeness (QED) is 0.348. The number of aromatic nitrogens is 1. The topological polar surface area (TPSA) is 68.4 Å². The molecule has 2 heterocycles. The van der Waals surface area contributed by atoms with Gasteiger partial charge in [0, 0.05) is 35.8 Å². The monoisotopic (exact) mass is 375 g/mol. The highest BCUT2D eigenvalue weighted by Gasteiger charge is 2.25. The van der Waals surface area contributed by atoms with Crippen molar-refractivity contribution in [3.8, 4) is 0 Å². The van der Waals surface area contributed by atoms with Crippen LogP contribution in [0.25, 0.3) is 17.0 Å². The van der Waals surface area contributed by atoms with E-state index in [9.17, 15) is 4.79 Å². The van der Waals surface area contributed by atoms with Gasteiger partial charge in [0.1, 0.15) is 0 Å². The van der Waals surface area contributed by atoms with Crippen molar-refractivity contribution in [1.29, 1.82) is 0 Å². The van der Waals surface area contributed by atoms with Crippen molar-refractivity contribution in [1.82, 2.24) is 15.4 Å². The molecule has 28 heavy (non-hydrogen) atoms. The van der Waals surface area contributed by atoms with Gasteiger partial charge >= 0.3 is 0 Å². The van der Waals surface area contributed by atoms with Crippen molar-refractivity contribution in [3.63, 3.8) is 0 Å². The Morgan fingerprint density at radius 3 is 2.86 bits per heavy atom. The molecule has 3 aromatic rings. The molecule has 4 rings (SSSR count). The van der Waals surface area contributed by atoms with E-state index in [2.05, 4.69) is 52.5 Å². The maximum absolute atomic E-state index is 11.1. The number of nitrogens with one attached hydrogen (secondary N) is 2. The minimum Gasteiger partial charge on any atom is -0.361 e. The highest BCUT2D eigenvalue weighted by Crippen LogP contribution is 2.27. The molecule has 1 amide bonds. The van der Waals surface area contributed by atoms with Gasteiger partial charge in [-0.2, -0.15) is 0 Å². The second-order valence-electron chi connectivity index (χ2n) is 7.38. The van der Waals surface area contributed by atoms with Crippen molar-refractivity contribution in [2.24, 2.45) is 0 Å². The lowest BCUT2D eigenvalue weighted by atomic mass is 10.0. The van der Waals surface area contributed by atoms with Crippen LogP contribution >= 0.6 is 0 Å². The third-order valence-electron chi connectivity index (χ3n) is 5.53. The van der Waals surface area contributed by atoms with Crippen LogP contribution in [0.15, 0.2) is 60.8 Å². The van der Waals surface area contributed by atoms with E-state index < -0.39 is 5.91 Å². The van der Waals surface area contributed by atoms with Gasteiger partial charge in [0.25, 0.3) is 5.91 Å². The van der Waals surface area contributed by atoms with Crippen molar-refractivity contribution >= 4 is 22.9 Å². The van der Waals surface area contributed by atoms with Crippen LogP contribution in [0.2, 0.25) is 0 Å². The molecule has 1 fully saturated rings. The number of benzene rings is 2. The first kappa shape index (κ1) is 18.5. The number of carbonyl (C=O) groups is 1. The summed E-state index contributed by atoms with van der Waals surface area (Å²) in [6, 6.07) is 17.3. The predicted molar refractivity (Wildman–Crippen MR) is 111 cm³/mol.